The summed E-state index contributed by atoms with van der Waals surface area (Å²) in [5.74, 6) is 0.209. The minimum Gasteiger partial charge on any atom is -0.355 e. The third-order valence-electron chi connectivity index (χ3n) is 7.00. The highest BCUT2D eigenvalue weighted by molar-refractivity contribution is 5.94. The van der Waals surface area contributed by atoms with Gasteiger partial charge in [-0.25, -0.2) is 4.39 Å². The maximum absolute atomic E-state index is 13.0. The minimum absolute atomic E-state index is 0.0219. The zero-order valence-corrected chi connectivity index (χ0v) is 19.5. The second-order valence-corrected chi connectivity index (χ2v) is 9.67. The Morgan fingerprint density at radius 1 is 0.853 bits per heavy atom. The van der Waals surface area contributed by atoms with Gasteiger partial charge in [-0.15, -0.1) is 0 Å². The monoisotopic (exact) mass is 485 g/mol. The fourth-order valence-corrected chi connectivity index (χ4v) is 4.92. The van der Waals surface area contributed by atoms with Crippen LogP contribution in [0.25, 0.3) is 0 Å². The third kappa shape index (κ3) is 8.25. The van der Waals surface area contributed by atoms with Crippen molar-refractivity contribution in [3.05, 3.63) is 34.9 Å². The Morgan fingerprint density at radius 2 is 1.50 bits per heavy atom. The fraction of sp³-hybridized carbons (Fsp3) is 0.680. The summed E-state index contributed by atoms with van der Waals surface area (Å²) < 4.78 is 52.0. The molecule has 1 aromatic carbocycles. The molecule has 0 bridgehead atoms. The highest BCUT2D eigenvalue weighted by Gasteiger charge is 2.32. The lowest BCUT2D eigenvalue weighted by molar-refractivity contribution is -0.137. The Balaban J connectivity index is 1.36. The number of carbonyl (C=O) groups is 2. The number of carbonyl (C=O) groups excluding carboxylic acids is 2. The normalized spacial score (nSPS) is 21.8. The van der Waals surface area contributed by atoms with Crippen LogP contribution in [-0.2, 0) is 17.6 Å². The molecular weight excluding hydrogens is 450 g/mol. The summed E-state index contributed by atoms with van der Waals surface area (Å²) in [6, 6.07) is 2.88. The van der Waals surface area contributed by atoms with Crippen molar-refractivity contribution in [1.82, 2.24) is 16.0 Å². The molecule has 2 aliphatic rings. The molecule has 2 amide bonds. The lowest BCUT2D eigenvalue weighted by Crippen LogP contribution is -2.43. The predicted molar refractivity (Wildman–Crippen MR) is 122 cm³/mol. The first-order valence-corrected chi connectivity index (χ1v) is 12.3. The standard InChI is InChI=1S/C25H35F4N3O2/c26-13-19-10-20(12-21(11-19)25(27,28)29)24(34)32-15-18-6-8-22(9-7-18)30-16-23(33)31-14-17-4-2-1-3-5-17/h10-12,17-18,22,30H,1-9,13-16H2,(H,31,33)(H,32,34). The number of hydrogen-bond acceptors (Lipinski definition) is 3. The van der Waals surface area contributed by atoms with E-state index in [2.05, 4.69) is 16.0 Å². The van der Waals surface area contributed by atoms with Crippen LogP contribution in [0, 0.1) is 11.8 Å². The number of amides is 2. The molecule has 9 heteroatoms. The van der Waals surface area contributed by atoms with Crippen molar-refractivity contribution in [2.45, 2.75) is 76.7 Å². The van der Waals surface area contributed by atoms with Crippen LogP contribution < -0.4 is 16.0 Å². The van der Waals surface area contributed by atoms with E-state index in [4.69, 9.17) is 0 Å². The Morgan fingerprint density at radius 3 is 2.15 bits per heavy atom. The Labute approximate surface area is 198 Å². The van der Waals surface area contributed by atoms with Gasteiger partial charge in [0.05, 0.1) is 12.1 Å². The zero-order valence-electron chi connectivity index (χ0n) is 19.5. The molecule has 0 heterocycles. The lowest BCUT2D eigenvalue weighted by atomic mass is 9.86. The summed E-state index contributed by atoms with van der Waals surface area (Å²) in [5, 5.41) is 9.04. The van der Waals surface area contributed by atoms with Crippen molar-refractivity contribution in [2.75, 3.05) is 19.6 Å². The number of nitrogens with one attached hydrogen (secondary N) is 3. The van der Waals surface area contributed by atoms with Crippen molar-refractivity contribution in [3.8, 4) is 0 Å². The number of alkyl halides is 4. The molecule has 0 unspecified atom stereocenters. The molecule has 0 spiro atoms. The van der Waals surface area contributed by atoms with Crippen molar-refractivity contribution < 1.29 is 27.2 Å². The van der Waals surface area contributed by atoms with E-state index in [1.54, 1.807) is 0 Å². The second kappa shape index (κ2) is 12.5. The molecule has 0 radical (unpaired) electrons. The average Bonchev–Trinajstić information content (AvgIpc) is 2.85. The van der Waals surface area contributed by atoms with Gasteiger partial charge in [0, 0.05) is 24.7 Å². The molecule has 0 aromatic heterocycles. The fourth-order valence-electron chi connectivity index (χ4n) is 4.92. The first-order chi connectivity index (χ1) is 16.2. The van der Waals surface area contributed by atoms with Gasteiger partial charge >= 0.3 is 6.18 Å². The summed E-state index contributed by atoms with van der Waals surface area (Å²) >= 11 is 0. The first kappa shape index (κ1) is 26.4. The van der Waals surface area contributed by atoms with Crippen LogP contribution in [0.15, 0.2) is 18.2 Å². The summed E-state index contributed by atoms with van der Waals surface area (Å²) in [6.07, 6.45) is 4.97. The Hall–Kier alpha value is -2.16. The van der Waals surface area contributed by atoms with Gasteiger partial charge in [0.1, 0.15) is 6.67 Å². The van der Waals surface area contributed by atoms with Gasteiger partial charge in [-0.3, -0.25) is 9.59 Å². The molecule has 3 rings (SSSR count). The Kier molecular flexibility index (Phi) is 9.74. The number of benzene rings is 1. The van der Waals surface area contributed by atoms with Crippen LogP contribution in [0.4, 0.5) is 17.6 Å². The molecule has 3 N–H and O–H groups in total. The van der Waals surface area contributed by atoms with Gasteiger partial charge in [0.25, 0.3) is 5.91 Å². The van der Waals surface area contributed by atoms with Crippen LogP contribution in [0.5, 0.6) is 0 Å². The summed E-state index contributed by atoms with van der Waals surface area (Å²) in [7, 11) is 0. The van der Waals surface area contributed by atoms with E-state index in [1.165, 1.54) is 32.1 Å². The SMILES string of the molecule is O=C(CNC1CCC(CNC(=O)c2cc(CF)cc(C(F)(F)F)c2)CC1)NCC1CCCCC1. The maximum atomic E-state index is 13.0. The van der Waals surface area contributed by atoms with Gasteiger partial charge in [0.2, 0.25) is 5.91 Å². The lowest BCUT2D eigenvalue weighted by Gasteiger charge is -2.29. The highest BCUT2D eigenvalue weighted by Crippen LogP contribution is 2.31. The van der Waals surface area contributed by atoms with Gasteiger partial charge in [0.15, 0.2) is 0 Å². The Bertz CT molecular complexity index is 817. The van der Waals surface area contributed by atoms with Crippen LogP contribution in [0.2, 0.25) is 0 Å². The second-order valence-electron chi connectivity index (χ2n) is 9.67. The van der Waals surface area contributed by atoms with E-state index in [0.717, 1.165) is 50.4 Å². The molecule has 2 aliphatic carbocycles. The van der Waals surface area contributed by atoms with Gasteiger partial charge in [-0.1, -0.05) is 19.3 Å². The van der Waals surface area contributed by atoms with Crippen LogP contribution >= 0.6 is 0 Å². The summed E-state index contributed by atoms with van der Waals surface area (Å²) in [5.41, 5.74) is -1.38. The highest BCUT2D eigenvalue weighted by atomic mass is 19.4. The van der Waals surface area contributed by atoms with Gasteiger partial charge in [-0.05, 0) is 74.1 Å². The first-order valence-electron chi connectivity index (χ1n) is 12.3. The van der Waals surface area contributed by atoms with Crippen molar-refractivity contribution in [2.24, 2.45) is 11.8 Å². The molecular formula is C25H35F4N3O2. The number of hydrogen-bond donors (Lipinski definition) is 3. The van der Waals surface area contributed by atoms with E-state index in [-0.39, 0.29) is 29.0 Å². The third-order valence-corrected chi connectivity index (χ3v) is 7.00. The van der Waals surface area contributed by atoms with Crippen LogP contribution in [0.3, 0.4) is 0 Å². The quantitative estimate of drug-likeness (QED) is 0.442. The van der Waals surface area contributed by atoms with Gasteiger partial charge < -0.3 is 16.0 Å². The zero-order chi connectivity index (χ0) is 24.6. The molecule has 34 heavy (non-hydrogen) atoms. The largest absolute Gasteiger partial charge is 0.416 e. The minimum atomic E-state index is -4.64. The predicted octanol–water partition coefficient (Wildman–Crippen LogP) is 4.75. The summed E-state index contributed by atoms with van der Waals surface area (Å²) in [4.78, 5) is 24.5. The smallest absolute Gasteiger partial charge is 0.355 e. The van der Waals surface area contributed by atoms with Crippen molar-refractivity contribution in [3.63, 3.8) is 0 Å². The number of rotatable bonds is 9. The molecule has 0 saturated heterocycles. The van der Waals surface area contributed by atoms with Crippen LogP contribution in [0.1, 0.15) is 79.3 Å². The number of halogens is 4. The van der Waals surface area contributed by atoms with Gasteiger partial charge in [-0.2, -0.15) is 13.2 Å². The topological polar surface area (TPSA) is 70.2 Å². The summed E-state index contributed by atoms with van der Waals surface area (Å²) in [6.45, 7) is 0.339. The molecule has 190 valence electrons. The molecule has 0 atom stereocenters. The van der Waals surface area contributed by atoms with Crippen molar-refractivity contribution >= 4 is 11.8 Å². The molecule has 2 fully saturated rings. The van der Waals surface area contributed by atoms with E-state index >= 15 is 0 Å². The molecule has 5 nitrogen and oxygen atoms in total. The van der Waals surface area contributed by atoms with E-state index in [1.807, 2.05) is 0 Å². The van der Waals surface area contributed by atoms with E-state index in [0.29, 0.717) is 19.0 Å². The van der Waals surface area contributed by atoms with Crippen molar-refractivity contribution in [1.29, 1.82) is 0 Å². The van der Waals surface area contributed by atoms with Crippen LogP contribution in [-0.4, -0.2) is 37.5 Å². The average molecular weight is 486 g/mol. The maximum Gasteiger partial charge on any atom is 0.416 e. The molecule has 2 saturated carbocycles. The molecule has 0 aliphatic heterocycles. The van der Waals surface area contributed by atoms with E-state index < -0.39 is 24.3 Å². The molecule has 1 aromatic rings. The van der Waals surface area contributed by atoms with E-state index in [9.17, 15) is 27.2 Å².